The second-order valence-corrected chi connectivity index (χ2v) is 2.74. The zero-order valence-electron chi connectivity index (χ0n) is 8.45. The largest absolute Gasteiger partial charge is 0.494 e. The van der Waals surface area contributed by atoms with Gasteiger partial charge in [-0.1, -0.05) is 13.0 Å². The predicted octanol–water partition coefficient (Wildman–Crippen LogP) is 2.40. The van der Waals surface area contributed by atoms with Crippen molar-refractivity contribution in [2.45, 2.75) is 20.3 Å². The fourth-order valence-corrected chi connectivity index (χ4v) is 0.998. The van der Waals surface area contributed by atoms with Crippen molar-refractivity contribution in [1.82, 2.24) is 0 Å². The minimum absolute atomic E-state index is 0.237. The van der Waals surface area contributed by atoms with E-state index in [0.717, 1.165) is 0 Å². The van der Waals surface area contributed by atoms with E-state index in [1.54, 1.807) is 25.1 Å². The first-order valence-corrected chi connectivity index (χ1v) is 4.69. The van der Waals surface area contributed by atoms with Gasteiger partial charge in [-0.05, 0) is 19.1 Å². The summed E-state index contributed by atoms with van der Waals surface area (Å²) in [5, 5.41) is 0. The third-order valence-electron chi connectivity index (χ3n) is 1.64. The molecular weight excluding hydrogens is 180 g/mol. The maximum Gasteiger partial charge on any atom is 0.310 e. The number of hydrogen-bond donors (Lipinski definition) is 0. The van der Waals surface area contributed by atoms with E-state index < -0.39 is 0 Å². The van der Waals surface area contributed by atoms with Crippen molar-refractivity contribution < 1.29 is 14.3 Å². The van der Waals surface area contributed by atoms with Crippen LogP contribution in [0.3, 0.4) is 0 Å². The van der Waals surface area contributed by atoms with Crippen LogP contribution < -0.4 is 9.47 Å². The highest BCUT2D eigenvalue weighted by Gasteiger charge is 2.02. The van der Waals surface area contributed by atoms with Crippen molar-refractivity contribution in [3.63, 3.8) is 0 Å². The first-order valence-electron chi connectivity index (χ1n) is 4.69. The molecule has 0 unspecified atom stereocenters. The van der Waals surface area contributed by atoms with Crippen LogP contribution in [0.15, 0.2) is 24.3 Å². The highest BCUT2D eigenvalue weighted by Crippen LogP contribution is 2.19. The summed E-state index contributed by atoms with van der Waals surface area (Å²) in [4.78, 5) is 11.0. The van der Waals surface area contributed by atoms with Crippen LogP contribution in [0.5, 0.6) is 11.5 Å². The summed E-state index contributed by atoms with van der Waals surface area (Å²) in [7, 11) is 0. The van der Waals surface area contributed by atoms with Crippen molar-refractivity contribution in [2.75, 3.05) is 6.61 Å². The number of rotatable bonds is 4. The minimum Gasteiger partial charge on any atom is -0.494 e. The molecule has 0 saturated carbocycles. The van der Waals surface area contributed by atoms with Gasteiger partial charge < -0.3 is 9.47 Å². The Balaban J connectivity index is 2.68. The summed E-state index contributed by atoms with van der Waals surface area (Å²) in [5.41, 5.74) is 0. The van der Waals surface area contributed by atoms with E-state index >= 15 is 0 Å². The summed E-state index contributed by atoms with van der Waals surface area (Å²) < 4.78 is 10.3. The standard InChI is InChI=1S/C11H14O3/c1-3-11(12)14-10-7-5-6-9(8-10)13-4-2/h5-8H,3-4H2,1-2H3. The fourth-order valence-electron chi connectivity index (χ4n) is 0.998. The second-order valence-electron chi connectivity index (χ2n) is 2.74. The molecular formula is C11H14O3. The number of carbonyl (C=O) groups excluding carboxylic acids is 1. The summed E-state index contributed by atoms with van der Waals surface area (Å²) in [6.45, 7) is 4.27. The normalized spacial score (nSPS) is 9.57. The van der Waals surface area contributed by atoms with Crippen LogP contribution in [0, 0.1) is 0 Å². The molecule has 0 aliphatic rings. The average molecular weight is 194 g/mol. The Hall–Kier alpha value is -1.51. The molecule has 76 valence electrons. The third-order valence-corrected chi connectivity index (χ3v) is 1.64. The molecule has 1 aromatic rings. The molecule has 0 N–H and O–H groups in total. The van der Waals surface area contributed by atoms with E-state index in [1.807, 2.05) is 13.0 Å². The van der Waals surface area contributed by atoms with Gasteiger partial charge in [0.05, 0.1) is 6.61 Å². The maximum absolute atomic E-state index is 11.0. The molecule has 0 saturated heterocycles. The van der Waals surface area contributed by atoms with Crippen molar-refractivity contribution in [3.8, 4) is 11.5 Å². The van der Waals surface area contributed by atoms with Gasteiger partial charge in [0.1, 0.15) is 11.5 Å². The lowest BCUT2D eigenvalue weighted by molar-refractivity contribution is -0.134. The summed E-state index contributed by atoms with van der Waals surface area (Å²) in [6.07, 6.45) is 0.374. The predicted molar refractivity (Wildman–Crippen MR) is 53.5 cm³/mol. The molecule has 0 aliphatic carbocycles. The van der Waals surface area contributed by atoms with Crippen molar-refractivity contribution in [2.24, 2.45) is 0 Å². The topological polar surface area (TPSA) is 35.5 Å². The van der Waals surface area contributed by atoms with Crippen LogP contribution in [-0.4, -0.2) is 12.6 Å². The first kappa shape index (κ1) is 10.6. The van der Waals surface area contributed by atoms with Crippen LogP contribution in [0.25, 0.3) is 0 Å². The molecule has 0 amide bonds. The number of hydrogen-bond acceptors (Lipinski definition) is 3. The van der Waals surface area contributed by atoms with Gasteiger partial charge in [0.25, 0.3) is 0 Å². The van der Waals surface area contributed by atoms with Crippen molar-refractivity contribution >= 4 is 5.97 Å². The molecule has 0 atom stereocenters. The van der Waals surface area contributed by atoms with Gasteiger partial charge in [0, 0.05) is 12.5 Å². The Morgan fingerprint density at radius 1 is 1.29 bits per heavy atom. The third kappa shape index (κ3) is 3.09. The number of ether oxygens (including phenoxy) is 2. The Morgan fingerprint density at radius 2 is 2.00 bits per heavy atom. The number of carbonyl (C=O) groups is 1. The Labute approximate surface area is 83.6 Å². The quantitative estimate of drug-likeness (QED) is 0.545. The molecule has 0 spiro atoms. The van der Waals surface area contributed by atoms with Crippen LogP contribution in [-0.2, 0) is 4.79 Å². The highest BCUT2D eigenvalue weighted by atomic mass is 16.5. The van der Waals surface area contributed by atoms with Crippen LogP contribution in [0.4, 0.5) is 0 Å². The lowest BCUT2D eigenvalue weighted by Gasteiger charge is -2.05. The van der Waals surface area contributed by atoms with E-state index in [2.05, 4.69) is 0 Å². The monoisotopic (exact) mass is 194 g/mol. The molecule has 0 aromatic heterocycles. The minimum atomic E-state index is -0.237. The molecule has 0 aliphatic heterocycles. The van der Waals surface area contributed by atoms with Crippen LogP contribution in [0.2, 0.25) is 0 Å². The van der Waals surface area contributed by atoms with Crippen molar-refractivity contribution in [3.05, 3.63) is 24.3 Å². The van der Waals surface area contributed by atoms with E-state index in [1.165, 1.54) is 0 Å². The fraction of sp³-hybridized carbons (Fsp3) is 0.364. The summed E-state index contributed by atoms with van der Waals surface area (Å²) in [5.74, 6) is 1.01. The second kappa shape index (κ2) is 5.27. The van der Waals surface area contributed by atoms with Gasteiger partial charge in [0.15, 0.2) is 0 Å². The molecule has 0 heterocycles. The molecule has 0 radical (unpaired) electrons. The van der Waals surface area contributed by atoms with E-state index in [4.69, 9.17) is 9.47 Å². The first-order chi connectivity index (χ1) is 6.76. The van der Waals surface area contributed by atoms with Crippen LogP contribution >= 0.6 is 0 Å². The Morgan fingerprint density at radius 3 is 2.64 bits per heavy atom. The van der Waals surface area contributed by atoms with Crippen LogP contribution in [0.1, 0.15) is 20.3 Å². The average Bonchev–Trinajstić information content (AvgIpc) is 2.19. The molecule has 1 aromatic carbocycles. The number of benzene rings is 1. The lowest BCUT2D eigenvalue weighted by Crippen LogP contribution is -2.05. The lowest BCUT2D eigenvalue weighted by atomic mass is 10.3. The Kier molecular flexibility index (Phi) is 3.98. The molecule has 1 rings (SSSR count). The molecule has 3 heteroatoms. The van der Waals surface area contributed by atoms with Gasteiger partial charge in [0.2, 0.25) is 0 Å². The van der Waals surface area contributed by atoms with Gasteiger partial charge in [-0.25, -0.2) is 0 Å². The molecule has 0 bridgehead atoms. The van der Waals surface area contributed by atoms with Gasteiger partial charge in [-0.15, -0.1) is 0 Å². The van der Waals surface area contributed by atoms with Gasteiger partial charge >= 0.3 is 5.97 Å². The van der Waals surface area contributed by atoms with E-state index in [-0.39, 0.29) is 5.97 Å². The van der Waals surface area contributed by atoms with E-state index in [9.17, 15) is 4.79 Å². The van der Waals surface area contributed by atoms with Crippen molar-refractivity contribution in [1.29, 1.82) is 0 Å². The van der Waals surface area contributed by atoms with Gasteiger partial charge in [-0.2, -0.15) is 0 Å². The summed E-state index contributed by atoms with van der Waals surface area (Å²) in [6, 6.07) is 7.06. The molecule has 0 fully saturated rings. The van der Waals surface area contributed by atoms with Gasteiger partial charge in [-0.3, -0.25) is 4.79 Å². The maximum atomic E-state index is 11.0. The van der Waals surface area contributed by atoms with E-state index in [0.29, 0.717) is 24.5 Å². The zero-order valence-corrected chi connectivity index (χ0v) is 8.45. The highest BCUT2D eigenvalue weighted by molar-refractivity contribution is 5.72. The SMILES string of the molecule is CCOc1cccc(OC(=O)CC)c1. The smallest absolute Gasteiger partial charge is 0.310 e. The number of esters is 1. The molecule has 14 heavy (non-hydrogen) atoms. The summed E-state index contributed by atoms with van der Waals surface area (Å²) >= 11 is 0. The Bertz CT molecular complexity index is 307. The molecule has 3 nitrogen and oxygen atoms in total. The zero-order chi connectivity index (χ0) is 10.4.